The van der Waals surface area contributed by atoms with Gasteiger partial charge in [-0.05, 0) is 90.5 Å². The molecule has 0 radical (unpaired) electrons. The predicted octanol–water partition coefficient (Wildman–Crippen LogP) is 7.34. The lowest BCUT2D eigenvalue weighted by Crippen LogP contribution is -2.46. The molecule has 0 spiro atoms. The van der Waals surface area contributed by atoms with Crippen molar-refractivity contribution in [3.63, 3.8) is 0 Å². The van der Waals surface area contributed by atoms with Gasteiger partial charge in [-0.25, -0.2) is 9.59 Å². The zero-order chi connectivity index (χ0) is 40.2. The molecular weight excluding hydrogens is 781 g/mol. The summed E-state index contributed by atoms with van der Waals surface area (Å²) in [5.74, 6) is 1.31. The van der Waals surface area contributed by atoms with Crippen LogP contribution in [0.25, 0.3) is 0 Å². The maximum atomic E-state index is 9.55. The molecule has 5 atom stereocenters. The zero-order valence-corrected chi connectivity index (χ0v) is 33.9. The second-order valence-corrected chi connectivity index (χ2v) is 16.7. The number of rotatable bonds is 6. The van der Waals surface area contributed by atoms with Crippen LogP contribution in [0.4, 0.5) is 0 Å². The summed E-state index contributed by atoms with van der Waals surface area (Å²) in [5, 5.41) is 15.6. The van der Waals surface area contributed by atoms with E-state index in [4.69, 9.17) is 38.6 Å². The van der Waals surface area contributed by atoms with Crippen molar-refractivity contribution in [3.05, 3.63) is 113 Å². The maximum Gasteiger partial charge on any atom is 0.328 e. The Hall–Kier alpha value is -4.70. The van der Waals surface area contributed by atoms with E-state index < -0.39 is 11.9 Å². The number of carboxylic acid groups (broad SMARTS) is 2. The minimum atomic E-state index is -1.26. The van der Waals surface area contributed by atoms with Crippen LogP contribution in [0, 0.1) is 11.8 Å². The molecule has 304 valence electrons. The minimum Gasteiger partial charge on any atom is -0.478 e. The van der Waals surface area contributed by atoms with E-state index in [1.54, 1.807) is 0 Å². The average Bonchev–Trinajstić information content (AvgIpc) is 4.05. The Morgan fingerprint density at radius 3 is 1.84 bits per heavy atom. The summed E-state index contributed by atoms with van der Waals surface area (Å²) < 4.78 is 34.2. The summed E-state index contributed by atoms with van der Waals surface area (Å²) in [7, 11) is 2.23. The van der Waals surface area contributed by atoms with Gasteiger partial charge in [-0.1, -0.05) is 42.1 Å². The topological polar surface area (TPSA) is 136 Å². The fraction of sp³-hybridized carbons (Fsp3) is 0.364. The molecular formula is C44H46N2O10S2. The van der Waals surface area contributed by atoms with Gasteiger partial charge in [0.25, 0.3) is 0 Å². The molecule has 0 aromatic heterocycles. The normalized spacial score (nSPS) is 24.1. The number of carbonyl (C=O) groups is 2. The fourth-order valence-electron chi connectivity index (χ4n) is 8.23. The van der Waals surface area contributed by atoms with Crippen LogP contribution in [0.2, 0.25) is 0 Å². The Morgan fingerprint density at radius 2 is 1.28 bits per heavy atom. The predicted molar refractivity (Wildman–Crippen MR) is 218 cm³/mol. The molecule has 0 amide bonds. The molecule has 6 heterocycles. The van der Waals surface area contributed by atoms with Gasteiger partial charge in [-0.15, -0.1) is 11.8 Å². The first-order valence-corrected chi connectivity index (χ1v) is 21.3. The highest BCUT2D eigenvalue weighted by atomic mass is 32.2. The lowest BCUT2D eigenvalue weighted by molar-refractivity contribution is -0.134. The molecule has 12 nitrogen and oxygen atoms in total. The second kappa shape index (κ2) is 18.1. The number of fused-ring (bicyclic) bond motifs is 5. The van der Waals surface area contributed by atoms with Crippen molar-refractivity contribution < 1.29 is 48.2 Å². The van der Waals surface area contributed by atoms with Gasteiger partial charge < -0.3 is 43.5 Å². The number of thioether (sulfide) groups is 1. The first-order valence-electron chi connectivity index (χ1n) is 19.3. The Bertz CT molecular complexity index is 2070. The van der Waals surface area contributed by atoms with E-state index in [1.807, 2.05) is 47.8 Å². The molecule has 10 rings (SSSR count). The zero-order valence-electron chi connectivity index (χ0n) is 32.3. The summed E-state index contributed by atoms with van der Waals surface area (Å²) in [6, 6.07) is 28.6. The van der Waals surface area contributed by atoms with Gasteiger partial charge in [0, 0.05) is 70.9 Å². The third-order valence-electron chi connectivity index (χ3n) is 11.2. The number of aliphatic carboxylic acids is 2. The highest BCUT2D eigenvalue weighted by Crippen LogP contribution is 2.52. The summed E-state index contributed by atoms with van der Waals surface area (Å²) in [4.78, 5) is 28.5. The van der Waals surface area contributed by atoms with Gasteiger partial charge in [0.1, 0.15) is 0 Å². The quantitative estimate of drug-likeness (QED) is 0.148. The number of ether oxygens (including phenoxy) is 6. The fourth-order valence-corrected chi connectivity index (χ4v) is 9.80. The third-order valence-corrected chi connectivity index (χ3v) is 13.2. The third kappa shape index (κ3) is 8.97. The van der Waals surface area contributed by atoms with E-state index in [1.165, 1.54) is 38.9 Å². The molecule has 14 heteroatoms. The number of hydrogen-bond acceptors (Lipinski definition) is 12. The van der Waals surface area contributed by atoms with E-state index in [2.05, 4.69) is 77.7 Å². The number of benzene rings is 4. The van der Waals surface area contributed by atoms with Gasteiger partial charge in [0.15, 0.2) is 23.0 Å². The molecule has 0 saturated carbocycles. The largest absolute Gasteiger partial charge is 0.478 e. The van der Waals surface area contributed by atoms with Crippen molar-refractivity contribution >= 4 is 35.5 Å². The molecule has 6 aliphatic rings. The smallest absolute Gasteiger partial charge is 0.328 e. The van der Waals surface area contributed by atoms with Crippen molar-refractivity contribution in [2.75, 3.05) is 66.3 Å². The maximum absolute atomic E-state index is 9.55. The molecule has 0 aliphatic carbocycles. The summed E-state index contributed by atoms with van der Waals surface area (Å²) in [6.45, 7) is 6.60. The summed E-state index contributed by atoms with van der Waals surface area (Å²) >= 11 is 3.79. The number of nitrogens with zero attached hydrogens (tertiary/aromatic N) is 2. The van der Waals surface area contributed by atoms with Gasteiger partial charge in [-0.3, -0.25) is 4.90 Å². The molecule has 2 N–H and O–H groups in total. The molecule has 3 saturated heterocycles. The molecule has 4 aromatic carbocycles. The molecule has 5 unspecified atom stereocenters. The van der Waals surface area contributed by atoms with Crippen molar-refractivity contribution in [3.8, 4) is 23.0 Å². The van der Waals surface area contributed by atoms with Crippen LogP contribution in [0.1, 0.15) is 40.5 Å². The first kappa shape index (κ1) is 40.1. The van der Waals surface area contributed by atoms with Crippen LogP contribution in [-0.2, 0) is 25.5 Å². The van der Waals surface area contributed by atoms with E-state index in [-0.39, 0.29) is 25.8 Å². The van der Waals surface area contributed by atoms with Crippen molar-refractivity contribution in [2.45, 2.75) is 39.4 Å². The minimum absolute atomic E-state index is 0.0218. The SMILES string of the molecule is CSc1ccc2c(c1)C(N1CCN(C)CC1)Cc1ccccc1S2.O=C(O)C=CC(=O)O.c1cc2c(cc1C1OCC3C(c4ccc5c(c4)OCO5)OCC13)OCO2. The Morgan fingerprint density at radius 1 is 0.707 bits per heavy atom. The summed E-state index contributed by atoms with van der Waals surface area (Å²) in [5.41, 5.74) is 5.26. The number of likely N-dealkylation sites (N-methyl/N-ethyl adjacent to an activating group) is 1. The van der Waals surface area contributed by atoms with E-state index >= 15 is 0 Å². The molecule has 3 fully saturated rings. The average molecular weight is 827 g/mol. The Balaban J connectivity index is 0.000000137. The van der Waals surface area contributed by atoms with Crippen LogP contribution in [0.5, 0.6) is 23.0 Å². The number of hydrogen-bond donors (Lipinski definition) is 2. The highest BCUT2D eigenvalue weighted by molar-refractivity contribution is 7.99. The van der Waals surface area contributed by atoms with Crippen LogP contribution in [0.3, 0.4) is 0 Å². The summed E-state index contributed by atoms with van der Waals surface area (Å²) in [6.07, 6.45) is 4.45. The molecule has 4 aromatic rings. The number of piperazine rings is 1. The van der Waals surface area contributed by atoms with Crippen LogP contribution >= 0.6 is 23.5 Å². The van der Waals surface area contributed by atoms with Crippen LogP contribution < -0.4 is 18.9 Å². The Labute approximate surface area is 346 Å². The van der Waals surface area contributed by atoms with Gasteiger partial charge in [0.05, 0.1) is 25.4 Å². The van der Waals surface area contributed by atoms with E-state index in [0.29, 0.717) is 43.2 Å². The van der Waals surface area contributed by atoms with Crippen molar-refractivity contribution in [1.29, 1.82) is 0 Å². The highest BCUT2D eigenvalue weighted by Gasteiger charge is 2.48. The van der Waals surface area contributed by atoms with Crippen LogP contribution in [-0.4, -0.2) is 98.2 Å². The lowest BCUT2D eigenvalue weighted by atomic mass is 9.85. The molecule has 0 bridgehead atoms. The van der Waals surface area contributed by atoms with E-state index in [9.17, 15) is 9.59 Å². The second-order valence-electron chi connectivity index (χ2n) is 14.7. The van der Waals surface area contributed by atoms with Gasteiger partial charge >= 0.3 is 11.9 Å². The van der Waals surface area contributed by atoms with E-state index in [0.717, 1.165) is 53.6 Å². The van der Waals surface area contributed by atoms with Crippen molar-refractivity contribution in [2.24, 2.45) is 11.8 Å². The monoisotopic (exact) mass is 826 g/mol. The van der Waals surface area contributed by atoms with Crippen LogP contribution in [0.15, 0.2) is 106 Å². The van der Waals surface area contributed by atoms with Gasteiger partial charge in [-0.2, -0.15) is 0 Å². The molecule has 58 heavy (non-hydrogen) atoms. The standard InChI is InChI=1S/C20H24N2S2.C20H18O6.C4H4O4/c1-21-9-11-22(12-10-21)18-13-15-5-3-4-6-19(15)24-20-8-7-16(23-2)14-17(18)20;1-3-15-17(25-9-23-15)5-11(1)19-13-7-22-20(14(13)8-21-19)12-2-4-16-18(6-12)26-10-24-16;5-3(6)1-2-4(7)8/h3-8,14,18H,9-13H2,1-2H3;1-6,13-14,19-20H,7-10H2;1-2H,(H,5,6)(H,7,8). The first-order chi connectivity index (χ1) is 28.2. The Kier molecular flexibility index (Phi) is 12.5. The lowest BCUT2D eigenvalue weighted by Gasteiger charge is -2.38. The van der Waals surface area contributed by atoms with Gasteiger partial charge in [0.2, 0.25) is 13.6 Å². The van der Waals surface area contributed by atoms with Crippen molar-refractivity contribution in [1.82, 2.24) is 9.80 Å². The molecule has 6 aliphatic heterocycles. The number of carboxylic acids is 2.